The average Bonchev–Trinajstić information content (AvgIpc) is 2.94. The first kappa shape index (κ1) is 13.2. The van der Waals surface area contributed by atoms with Gasteiger partial charge >= 0.3 is 0 Å². The lowest BCUT2D eigenvalue weighted by Gasteiger charge is -2.03. The minimum absolute atomic E-state index is 0.194. The first-order valence-electron chi connectivity index (χ1n) is 5.62. The third kappa shape index (κ3) is 2.97. The van der Waals surface area contributed by atoms with Gasteiger partial charge in [-0.3, -0.25) is 4.79 Å². The summed E-state index contributed by atoms with van der Waals surface area (Å²) in [7, 11) is 1.60. The molecule has 0 radical (unpaired) electrons. The number of hydrogen-bond acceptors (Lipinski definition) is 5. The van der Waals surface area contributed by atoms with E-state index < -0.39 is 0 Å². The maximum Gasteiger partial charge on any atom is 0.265 e. The number of hydrogen-bond donors (Lipinski definition) is 1. The van der Waals surface area contributed by atoms with E-state index in [1.807, 2.05) is 24.3 Å². The van der Waals surface area contributed by atoms with E-state index in [4.69, 9.17) is 4.74 Å². The number of carbonyl (C=O) groups is 1. The molecule has 6 heteroatoms. The number of amides is 1. The maximum atomic E-state index is 11.9. The Morgan fingerprint density at radius 3 is 2.84 bits per heavy atom. The van der Waals surface area contributed by atoms with Crippen LogP contribution in [-0.2, 0) is 0 Å². The number of ether oxygens (including phenoxy) is 1. The van der Waals surface area contributed by atoms with Crippen molar-refractivity contribution in [3.05, 3.63) is 41.8 Å². The molecule has 1 amide bonds. The molecular formula is C13H13N3O2S. The molecule has 0 atom stereocenters. The second kappa shape index (κ2) is 6.10. The van der Waals surface area contributed by atoms with Crippen molar-refractivity contribution < 1.29 is 9.53 Å². The second-order valence-electron chi connectivity index (χ2n) is 3.68. The number of benzene rings is 1. The Labute approximate surface area is 115 Å². The molecule has 0 saturated carbocycles. The fourth-order valence-electron chi connectivity index (χ4n) is 1.52. The van der Waals surface area contributed by atoms with Gasteiger partial charge in [-0.05, 0) is 35.8 Å². The monoisotopic (exact) mass is 275 g/mol. The van der Waals surface area contributed by atoms with Crippen LogP contribution in [0.4, 0.5) is 0 Å². The van der Waals surface area contributed by atoms with E-state index in [1.54, 1.807) is 13.2 Å². The molecule has 98 valence electrons. The molecule has 0 aliphatic carbocycles. The van der Waals surface area contributed by atoms with Gasteiger partial charge in [0, 0.05) is 12.1 Å². The average molecular weight is 275 g/mol. The highest BCUT2D eigenvalue weighted by atomic mass is 32.1. The highest BCUT2D eigenvalue weighted by molar-refractivity contribution is 7.08. The van der Waals surface area contributed by atoms with Gasteiger partial charge in [-0.25, -0.2) is 0 Å². The summed E-state index contributed by atoms with van der Waals surface area (Å²) >= 11 is 1.07. The van der Waals surface area contributed by atoms with Crippen LogP contribution < -0.4 is 10.1 Å². The minimum Gasteiger partial charge on any atom is -0.497 e. The van der Waals surface area contributed by atoms with Gasteiger partial charge in [-0.1, -0.05) is 10.6 Å². The predicted octanol–water partition coefficient (Wildman–Crippen LogP) is 2.13. The Balaban J connectivity index is 2.27. The molecule has 0 aliphatic rings. The normalized spacial score (nSPS) is 9.95. The van der Waals surface area contributed by atoms with E-state index in [0.717, 1.165) is 22.8 Å². The number of nitrogens with zero attached hydrogens (tertiary/aromatic N) is 2. The van der Waals surface area contributed by atoms with E-state index in [0.29, 0.717) is 17.1 Å². The van der Waals surface area contributed by atoms with E-state index in [9.17, 15) is 4.79 Å². The molecular weight excluding hydrogens is 262 g/mol. The van der Waals surface area contributed by atoms with Crippen molar-refractivity contribution in [3.63, 3.8) is 0 Å². The lowest BCUT2D eigenvalue weighted by molar-refractivity contribution is 0.0962. The van der Waals surface area contributed by atoms with Crippen LogP contribution in [0, 0.1) is 0 Å². The van der Waals surface area contributed by atoms with Crippen LogP contribution in [-0.4, -0.2) is 29.1 Å². The Bertz CT molecular complexity index is 578. The number of methoxy groups -OCH3 is 1. The number of rotatable bonds is 5. The van der Waals surface area contributed by atoms with Gasteiger partial charge in [0.25, 0.3) is 5.91 Å². The quantitative estimate of drug-likeness (QED) is 0.849. The minimum atomic E-state index is -0.194. The van der Waals surface area contributed by atoms with Crippen LogP contribution in [0.2, 0.25) is 0 Å². The largest absolute Gasteiger partial charge is 0.497 e. The second-order valence-corrected chi connectivity index (χ2v) is 4.43. The first-order valence-corrected chi connectivity index (χ1v) is 6.39. The summed E-state index contributed by atoms with van der Waals surface area (Å²) in [5.41, 5.74) is 1.41. The highest BCUT2D eigenvalue weighted by Gasteiger charge is 2.17. The summed E-state index contributed by atoms with van der Waals surface area (Å²) in [4.78, 5) is 12.4. The fourth-order valence-corrected chi connectivity index (χ4v) is 2.13. The van der Waals surface area contributed by atoms with Gasteiger partial charge < -0.3 is 10.1 Å². The highest BCUT2D eigenvalue weighted by Crippen LogP contribution is 2.25. The van der Waals surface area contributed by atoms with Crippen LogP contribution in [0.5, 0.6) is 5.75 Å². The Morgan fingerprint density at radius 1 is 1.47 bits per heavy atom. The Hall–Kier alpha value is -2.21. The smallest absolute Gasteiger partial charge is 0.265 e. The summed E-state index contributed by atoms with van der Waals surface area (Å²) < 4.78 is 8.94. The lowest BCUT2D eigenvalue weighted by Crippen LogP contribution is -2.22. The van der Waals surface area contributed by atoms with Crippen molar-refractivity contribution in [2.75, 3.05) is 13.7 Å². The van der Waals surface area contributed by atoms with Crippen LogP contribution in [0.25, 0.3) is 11.3 Å². The molecule has 0 aliphatic heterocycles. The Kier molecular flexibility index (Phi) is 4.25. The molecule has 19 heavy (non-hydrogen) atoms. The molecule has 0 fully saturated rings. The fraction of sp³-hybridized carbons (Fsp3) is 0.154. The molecule has 0 unspecified atom stereocenters. The third-order valence-corrected chi connectivity index (χ3v) is 3.19. The molecule has 5 nitrogen and oxygen atoms in total. The van der Waals surface area contributed by atoms with Crippen LogP contribution in [0.3, 0.4) is 0 Å². The van der Waals surface area contributed by atoms with E-state index in [2.05, 4.69) is 21.5 Å². The van der Waals surface area contributed by atoms with Crippen LogP contribution in [0.15, 0.2) is 36.9 Å². The van der Waals surface area contributed by atoms with Gasteiger partial charge in [0.1, 0.15) is 16.3 Å². The SMILES string of the molecule is C=CCNC(=O)c1snnc1-c1ccc(OC)cc1. The van der Waals surface area contributed by atoms with Crippen molar-refractivity contribution in [2.45, 2.75) is 0 Å². The number of nitrogens with one attached hydrogen (secondary N) is 1. The van der Waals surface area contributed by atoms with Crippen molar-refractivity contribution in [1.29, 1.82) is 0 Å². The number of aromatic nitrogens is 2. The molecule has 1 aromatic heterocycles. The summed E-state index contributed by atoms with van der Waals surface area (Å²) in [6, 6.07) is 7.33. The lowest BCUT2D eigenvalue weighted by atomic mass is 10.1. The van der Waals surface area contributed by atoms with Crippen LogP contribution in [0.1, 0.15) is 9.67 Å². The molecule has 0 bridgehead atoms. The van der Waals surface area contributed by atoms with Crippen molar-refractivity contribution in [2.24, 2.45) is 0 Å². The maximum absolute atomic E-state index is 11.9. The summed E-state index contributed by atoms with van der Waals surface area (Å²) in [5, 5.41) is 6.73. The zero-order valence-corrected chi connectivity index (χ0v) is 11.2. The van der Waals surface area contributed by atoms with Gasteiger partial charge in [0.15, 0.2) is 0 Å². The zero-order valence-electron chi connectivity index (χ0n) is 10.4. The predicted molar refractivity (Wildman–Crippen MR) is 74.4 cm³/mol. The molecule has 0 spiro atoms. The van der Waals surface area contributed by atoms with Gasteiger partial charge in [-0.15, -0.1) is 11.7 Å². The van der Waals surface area contributed by atoms with Crippen LogP contribution >= 0.6 is 11.5 Å². The molecule has 2 rings (SSSR count). The van der Waals surface area contributed by atoms with E-state index in [-0.39, 0.29) is 5.91 Å². The van der Waals surface area contributed by atoms with E-state index in [1.165, 1.54) is 0 Å². The van der Waals surface area contributed by atoms with E-state index >= 15 is 0 Å². The van der Waals surface area contributed by atoms with Crippen molar-refractivity contribution in [1.82, 2.24) is 14.9 Å². The van der Waals surface area contributed by atoms with Gasteiger partial charge in [-0.2, -0.15) is 0 Å². The van der Waals surface area contributed by atoms with Gasteiger partial charge in [0.05, 0.1) is 7.11 Å². The standard InChI is InChI=1S/C13H13N3O2S/c1-3-8-14-13(17)12-11(15-16-19-12)9-4-6-10(18-2)7-5-9/h3-7H,1,8H2,2H3,(H,14,17). The van der Waals surface area contributed by atoms with Gasteiger partial charge in [0.2, 0.25) is 0 Å². The molecule has 2 aromatic rings. The summed E-state index contributed by atoms with van der Waals surface area (Å²) in [5.74, 6) is 0.560. The van der Waals surface area contributed by atoms with Crippen molar-refractivity contribution in [3.8, 4) is 17.0 Å². The Morgan fingerprint density at radius 2 is 2.21 bits per heavy atom. The number of carbonyl (C=O) groups excluding carboxylic acids is 1. The molecule has 1 N–H and O–H groups in total. The zero-order chi connectivity index (χ0) is 13.7. The summed E-state index contributed by atoms with van der Waals surface area (Å²) in [6.07, 6.45) is 1.62. The molecule has 1 heterocycles. The topological polar surface area (TPSA) is 64.1 Å². The molecule has 0 saturated heterocycles. The summed E-state index contributed by atoms with van der Waals surface area (Å²) in [6.45, 7) is 3.97. The third-order valence-electron chi connectivity index (χ3n) is 2.46. The van der Waals surface area contributed by atoms with Crippen molar-refractivity contribution >= 4 is 17.4 Å². The first-order chi connectivity index (χ1) is 9.26. The molecule has 1 aromatic carbocycles.